The van der Waals surface area contributed by atoms with Gasteiger partial charge in [0.25, 0.3) is 0 Å². The van der Waals surface area contributed by atoms with Crippen LogP contribution in [0.25, 0.3) is 0 Å². The van der Waals surface area contributed by atoms with Crippen molar-refractivity contribution in [3.8, 4) is 0 Å². The number of rotatable bonds is 5. The van der Waals surface area contributed by atoms with Crippen LogP contribution in [0.1, 0.15) is 53.9 Å². The zero-order valence-corrected chi connectivity index (χ0v) is 13.5. The molecule has 2 N–H and O–H groups in total. The molecular formula is C15H30N2O3. The third kappa shape index (κ3) is 5.29. The van der Waals surface area contributed by atoms with E-state index in [9.17, 15) is 9.90 Å². The monoisotopic (exact) mass is 286 g/mol. The molecule has 1 amide bonds. The minimum Gasteiger partial charge on any atom is -0.444 e. The fourth-order valence-corrected chi connectivity index (χ4v) is 2.25. The molecule has 0 spiro atoms. The van der Waals surface area contributed by atoms with Gasteiger partial charge in [-0.1, -0.05) is 13.8 Å². The summed E-state index contributed by atoms with van der Waals surface area (Å²) in [7, 11) is 0. The summed E-state index contributed by atoms with van der Waals surface area (Å²) < 4.78 is 5.37. The van der Waals surface area contributed by atoms with Gasteiger partial charge in [0, 0.05) is 25.7 Å². The van der Waals surface area contributed by atoms with Crippen molar-refractivity contribution in [2.75, 3.05) is 19.6 Å². The molecule has 0 aromatic rings. The van der Waals surface area contributed by atoms with Crippen LogP contribution in [-0.4, -0.2) is 53.0 Å². The molecule has 0 radical (unpaired) electrons. The second-order valence-corrected chi connectivity index (χ2v) is 6.72. The van der Waals surface area contributed by atoms with Crippen LogP contribution >= 0.6 is 0 Å². The van der Waals surface area contributed by atoms with Crippen molar-refractivity contribution in [1.82, 2.24) is 10.2 Å². The van der Waals surface area contributed by atoms with Gasteiger partial charge in [-0.3, -0.25) is 0 Å². The molecule has 1 unspecified atom stereocenters. The second kappa shape index (κ2) is 6.76. The molecule has 0 saturated carbocycles. The summed E-state index contributed by atoms with van der Waals surface area (Å²) in [6, 6.07) is 0.243. The van der Waals surface area contributed by atoms with Gasteiger partial charge in [0.1, 0.15) is 5.60 Å². The number of hydrogen-bond acceptors (Lipinski definition) is 4. The summed E-state index contributed by atoms with van der Waals surface area (Å²) in [5, 5.41) is 13.6. The minimum atomic E-state index is -0.640. The van der Waals surface area contributed by atoms with Gasteiger partial charge in [0.2, 0.25) is 0 Å². The molecule has 5 heteroatoms. The molecular weight excluding hydrogens is 256 g/mol. The third-order valence-corrected chi connectivity index (χ3v) is 3.88. The van der Waals surface area contributed by atoms with Gasteiger partial charge in [-0.25, -0.2) is 4.79 Å². The van der Waals surface area contributed by atoms with Gasteiger partial charge in [0.05, 0.1) is 5.60 Å². The Hall–Kier alpha value is -0.810. The topological polar surface area (TPSA) is 61.8 Å². The Labute approximate surface area is 122 Å². The smallest absolute Gasteiger partial charge is 0.410 e. The predicted octanol–water partition coefficient (Wildman–Crippen LogP) is 2.14. The summed E-state index contributed by atoms with van der Waals surface area (Å²) in [5.74, 6) is 0. The van der Waals surface area contributed by atoms with Crippen molar-refractivity contribution in [2.45, 2.75) is 71.1 Å². The number of nitrogens with one attached hydrogen (secondary N) is 1. The maximum absolute atomic E-state index is 11.9. The van der Waals surface area contributed by atoms with Crippen LogP contribution in [0.2, 0.25) is 0 Å². The molecule has 1 aliphatic rings. The molecule has 5 nitrogen and oxygen atoms in total. The Morgan fingerprint density at radius 2 is 1.95 bits per heavy atom. The third-order valence-electron chi connectivity index (χ3n) is 3.88. The Bertz CT molecular complexity index is 322. The highest BCUT2D eigenvalue weighted by atomic mass is 16.6. The number of likely N-dealkylation sites (tertiary alicyclic amines) is 1. The number of hydrogen-bond donors (Lipinski definition) is 2. The summed E-state index contributed by atoms with van der Waals surface area (Å²) in [4.78, 5) is 13.7. The second-order valence-electron chi connectivity index (χ2n) is 6.72. The SMILES string of the molecule is CCC(O)(CC)CNC1CCN(C(=O)OC(C)(C)C)C1. The Morgan fingerprint density at radius 1 is 1.35 bits per heavy atom. The largest absolute Gasteiger partial charge is 0.444 e. The molecule has 0 aromatic carbocycles. The van der Waals surface area contributed by atoms with Crippen LogP contribution in [0.15, 0.2) is 0 Å². The highest BCUT2D eigenvalue weighted by molar-refractivity contribution is 5.68. The zero-order valence-electron chi connectivity index (χ0n) is 13.5. The fourth-order valence-electron chi connectivity index (χ4n) is 2.25. The van der Waals surface area contributed by atoms with E-state index in [2.05, 4.69) is 5.32 Å². The average molecular weight is 286 g/mol. The molecule has 1 atom stereocenters. The van der Waals surface area contributed by atoms with Crippen LogP contribution in [0.5, 0.6) is 0 Å². The molecule has 1 fully saturated rings. The standard InChI is InChI=1S/C15H30N2O3/c1-6-15(19,7-2)11-16-12-8-9-17(10-12)13(18)20-14(3,4)5/h12,16,19H,6-11H2,1-5H3. The summed E-state index contributed by atoms with van der Waals surface area (Å²) in [5.41, 5.74) is -1.09. The molecule has 1 saturated heterocycles. The molecule has 0 aromatic heterocycles. The van der Waals surface area contributed by atoms with Crippen LogP contribution in [0.4, 0.5) is 4.79 Å². The lowest BCUT2D eigenvalue weighted by Crippen LogP contribution is -2.45. The first-order valence-electron chi connectivity index (χ1n) is 7.63. The molecule has 0 bridgehead atoms. The quantitative estimate of drug-likeness (QED) is 0.813. The lowest BCUT2D eigenvalue weighted by Gasteiger charge is -2.28. The molecule has 1 heterocycles. The van der Waals surface area contributed by atoms with Crippen LogP contribution in [0, 0.1) is 0 Å². The lowest BCUT2D eigenvalue weighted by molar-refractivity contribution is 0.0263. The molecule has 1 aliphatic heterocycles. The van der Waals surface area contributed by atoms with Crippen LogP contribution < -0.4 is 5.32 Å². The number of amides is 1. The maximum Gasteiger partial charge on any atom is 0.410 e. The minimum absolute atomic E-state index is 0.243. The van der Waals surface area contributed by atoms with Crippen molar-refractivity contribution in [3.63, 3.8) is 0 Å². The van der Waals surface area contributed by atoms with E-state index < -0.39 is 11.2 Å². The van der Waals surface area contributed by atoms with Crippen molar-refractivity contribution < 1.29 is 14.6 Å². The first-order chi connectivity index (χ1) is 9.19. The highest BCUT2D eigenvalue weighted by Gasteiger charge is 2.31. The number of carbonyl (C=O) groups excluding carboxylic acids is 1. The van der Waals surface area contributed by atoms with E-state index in [-0.39, 0.29) is 12.1 Å². The Morgan fingerprint density at radius 3 is 2.45 bits per heavy atom. The summed E-state index contributed by atoms with van der Waals surface area (Å²) in [6.45, 7) is 11.5. The van der Waals surface area contributed by atoms with Crippen molar-refractivity contribution in [1.29, 1.82) is 0 Å². The number of nitrogens with zero attached hydrogens (tertiary/aromatic N) is 1. The highest BCUT2D eigenvalue weighted by Crippen LogP contribution is 2.17. The van der Waals surface area contributed by atoms with E-state index in [1.807, 2.05) is 34.6 Å². The van der Waals surface area contributed by atoms with Crippen LogP contribution in [-0.2, 0) is 4.74 Å². The van der Waals surface area contributed by atoms with Gasteiger partial charge in [-0.05, 0) is 40.0 Å². The van der Waals surface area contributed by atoms with Gasteiger partial charge >= 0.3 is 6.09 Å². The van der Waals surface area contributed by atoms with Crippen molar-refractivity contribution in [2.24, 2.45) is 0 Å². The normalized spacial score (nSPS) is 20.3. The van der Waals surface area contributed by atoms with Crippen molar-refractivity contribution in [3.05, 3.63) is 0 Å². The van der Waals surface area contributed by atoms with E-state index in [4.69, 9.17) is 4.74 Å². The zero-order chi connectivity index (χ0) is 15.4. The fraction of sp³-hybridized carbons (Fsp3) is 0.933. The molecule has 0 aliphatic carbocycles. The molecule has 118 valence electrons. The predicted molar refractivity (Wildman–Crippen MR) is 79.7 cm³/mol. The molecule has 20 heavy (non-hydrogen) atoms. The van der Waals surface area contributed by atoms with Gasteiger partial charge in [0.15, 0.2) is 0 Å². The van der Waals surface area contributed by atoms with Crippen LogP contribution in [0.3, 0.4) is 0 Å². The number of carbonyl (C=O) groups is 1. The van der Waals surface area contributed by atoms with E-state index in [1.54, 1.807) is 4.90 Å². The van der Waals surface area contributed by atoms with Gasteiger partial charge < -0.3 is 20.1 Å². The van der Waals surface area contributed by atoms with E-state index in [1.165, 1.54) is 0 Å². The lowest BCUT2D eigenvalue weighted by atomic mass is 9.97. The van der Waals surface area contributed by atoms with E-state index in [0.29, 0.717) is 19.6 Å². The van der Waals surface area contributed by atoms with Gasteiger partial charge in [-0.2, -0.15) is 0 Å². The van der Waals surface area contributed by atoms with E-state index >= 15 is 0 Å². The molecule has 1 rings (SSSR count). The number of ether oxygens (including phenoxy) is 1. The maximum atomic E-state index is 11.9. The van der Waals surface area contributed by atoms with Crippen molar-refractivity contribution >= 4 is 6.09 Å². The Kier molecular flexibility index (Phi) is 5.83. The Balaban J connectivity index is 2.38. The number of aliphatic hydroxyl groups is 1. The first kappa shape index (κ1) is 17.2. The average Bonchev–Trinajstić information content (AvgIpc) is 2.83. The first-order valence-corrected chi connectivity index (χ1v) is 7.63. The summed E-state index contributed by atoms with van der Waals surface area (Å²) in [6.07, 6.45) is 2.13. The van der Waals surface area contributed by atoms with E-state index in [0.717, 1.165) is 19.3 Å². The summed E-state index contributed by atoms with van der Waals surface area (Å²) >= 11 is 0. The van der Waals surface area contributed by atoms with Gasteiger partial charge in [-0.15, -0.1) is 0 Å².